The number of halogens is 1. The Morgan fingerprint density at radius 3 is 2.50 bits per heavy atom. The second-order valence-corrected chi connectivity index (χ2v) is 7.21. The first-order valence-electron chi connectivity index (χ1n) is 9.66. The number of hydrogen-bond acceptors (Lipinski definition) is 5. The fourth-order valence-electron chi connectivity index (χ4n) is 3.97. The number of carbonyl (C=O) groups is 2. The second-order valence-electron chi connectivity index (χ2n) is 7.21. The van der Waals surface area contributed by atoms with E-state index in [9.17, 15) is 14.0 Å². The predicted octanol–water partition coefficient (Wildman–Crippen LogP) is 2.15. The number of methoxy groups -OCH3 is 1. The van der Waals surface area contributed by atoms with E-state index >= 15 is 0 Å². The van der Waals surface area contributed by atoms with Gasteiger partial charge in [0.05, 0.1) is 36.5 Å². The van der Waals surface area contributed by atoms with Crippen molar-refractivity contribution in [2.45, 2.75) is 12.6 Å². The fourth-order valence-corrected chi connectivity index (χ4v) is 3.97. The van der Waals surface area contributed by atoms with Crippen LogP contribution in [0.4, 0.5) is 9.18 Å². The summed E-state index contributed by atoms with van der Waals surface area (Å²) in [4.78, 5) is 26.2. The van der Waals surface area contributed by atoms with Crippen LogP contribution in [-0.2, 0) is 6.54 Å². The summed E-state index contributed by atoms with van der Waals surface area (Å²) < 4.78 is 20.6. The SMILES string of the molecule is COc1cc(-c2nn3c(c2C(N)=O)C(c2ccc(C#N)cc2)N(C(N)=O)CC3)ccc1F. The lowest BCUT2D eigenvalue weighted by molar-refractivity contribution is 0.0995. The van der Waals surface area contributed by atoms with Crippen molar-refractivity contribution in [3.05, 3.63) is 70.7 Å². The van der Waals surface area contributed by atoms with E-state index in [-0.39, 0.29) is 30.1 Å². The van der Waals surface area contributed by atoms with Crippen molar-refractivity contribution in [3.8, 4) is 23.1 Å². The number of amides is 3. The summed E-state index contributed by atoms with van der Waals surface area (Å²) in [5, 5.41) is 13.7. The van der Waals surface area contributed by atoms with Gasteiger partial charge in [-0.05, 0) is 35.9 Å². The molecule has 0 radical (unpaired) electrons. The van der Waals surface area contributed by atoms with Gasteiger partial charge in [0.25, 0.3) is 5.91 Å². The molecule has 10 heteroatoms. The average molecular weight is 434 g/mol. The van der Waals surface area contributed by atoms with Crippen molar-refractivity contribution in [1.29, 1.82) is 5.26 Å². The fraction of sp³-hybridized carbons (Fsp3) is 0.182. The van der Waals surface area contributed by atoms with Gasteiger partial charge in [-0.3, -0.25) is 9.48 Å². The lowest BCUT2D eigenvalue weighted by Crippen LogP contribution is -2.46. The molecule has 32 heavy (non-hydrogen) atoms. The number of nitriles is 1. The highest BCUT2D eigenvalue weighted by Crippen LogP contribution is 2.38. The Balaban J connectivity index is 1.96. The minimum Gasteiger partial charge on any atom is -0.494 e. The van der Waals surface area contributed by atoms with Crippen molar-refractivity contribution in [3.63, 3.8) is 0 Å². The molecule has 1 aromatic heterocycles. The highest BCUT2D eigenvalue weighted by atomic mass is 19.1. The van der Waals surface area contributed by atoms with Crippen molar-refractivity contribution in [1.82, 2.24) is 14.7 Å². The largest absolute Gasteiger partial charge is 0.494 e. The Morgan fingerprint density at radius 1 is 1.19 bits per heavy atom. The average Bonchev–Trinajstić information content (AvgIpc) is 3.18. The van der Waals surface area contributed by atoms with Crippen LogP contribution < -0.4 is 16.2 Å². The lowest BCUT2D eigenvalue weighted by atomic mass is 9.94. The Kier molecular flexibility index (Phi) is 5.24. The van der Waals surface area contributed by atoms with Gasteiger partial charge >= 0.3 is 6.03 Å². The molecule has 4 N–H and O–H groups in total. The van der Waals surface area contributed by atoms with E-state index in [2.05, 4.69) is 5.10 Å². The van der Waals surface area contributed by atoms with Crippen molar-refractivity contribution < 1.29 is 18.7 Å². The molecule has 2 aromatic carbocycles. The molecule has 162 valence electrons. The van der Waals surface area contributed by atoms with Gasteiger partial charge in [0, 0.05) is 12.1 Å². The molecule has 0 aliphatic carbocycles. The molecule has 0 fully saturated rings. The number of rotatable bonds is 4. The number of aromatic nitrogens is 2. The molecule has 0 saturated heterocycles. The molecule has 1 aliphatic heterocycles. The second kappa shape index (κ2) is 8.03. The monoisotopic (exact) mass is 434 g/mol. The van der Waals surface area contributed by atoms with Crippen LogP contribution in [0.1, 0.15) is 33.2 Å². The van der Waals surface area contributed by atoms with Crippen LogP contribution in [0.5, 0.6) is 5.75 Å². The molecule has 0 spiro atoms. The zero-order chi connectivity index (χ0) is 23.0. The third kappa shape index (κ3) is 3.39. The van der Waals surface area contributed by atoms with Crippen LogP contribution in [-0.4, -0.2) is 40.3 Å². The van der Waals surface area contributed by atoms with E-state index in [1.165, 1.54) is 30.2 Å². The topological polar surface area (TPSA) is 140 Å². The summed E-state index contributed by atoms with van der Waals surface area (Å²) in [5.41, 5.74) is 13.6. The molecule has 4 rings (SSSR count). The quantitative estimate of drug-likeness (QED) is 0.647. The molecule has 0 bridgehead atoms. The van der Waals surface area contributed by atoms with E-state index in [4.69, 9.17) is 21.5 Å². The number of urea groups is 1. The van der Waals surface area contributed by atoms with Crippen molar-refractivity contribution >= 4 is 11.9 Å². The van der Waals surface area contributed by atoms with E-state index in [1.807, 2.05) is 6.07 Å². The molecule has 3 amide bonds. The summed E-state index contributed by atoms with van der Waals surface area (Å²) in [6, 6.07) is 11.3. The maximum absolute atomic E-state index is 13.9. The summed E-state index contributed by atoms with van der Waals surface area (Å²) in [6.07, 6.45) is 0. The normalized spacial score (nSPS) is 15.0. The predicted molar refractivity (Wildman–Crippen MR) is 112 cm³/mol. The summed E-state index contributed by atoms with van der Waals surface area (Å²) >= 11 is 0. The Hall–Kier alpha value is -4.39. The van der Waals surface area contributed by atoms with Crippen LogP contribution in [0.25, 0.3) is 11.3 Å². The molecular weight excluding hydrogens is 415 g/mol. The molecule has 1 unspecified atom stereocenters. The van der Waals surface area contributed by atoms with E-state index in [0.717, 1.165) is 0 Å². The maximum Gasteiger partial charge on any atom is 0.315 e. The smallest absolute Gasteiger partial charge is 0.315 e. The van der Waals surface area contributed by atoms with Gasteiger partial charge in [0.15, 0.2) is 11.6 Å². The zero-order valence-electron chi connectivity index (χ0n) is 17.1. The Labute approximate surface area is 182 Å². The van der Waals surface area contributed by atoms with Gasteiger partial charge in [-0.25, -0.2) is 9.18 Å². The minimum atomic E-state index is -0.755. The lowest BCUT2D eigenvalue weighted by Gasteiger charge is -2.35. The number of nitrogens with zero attached hydrogens (tertiary/aromatic N) is 4. The van der Waals surface area contributed by atoms with E-state index in [0.29, 0.717) is 22.4 Å². The molecule has 9 nitrogen and oxygen atoms in total. The standard InChI is InChI=1S/C22H19FN6O3/c1-32-16-10-14(6-7-15(16)23)18-17(21(25)30)20-19(13-4-2-12(11-24)3-5-13)28(22(26)31)8-9-29(20)27-18/h2-7,10,19H,8-9H2,1H3,(H2,25,30)(H2,26,31). The summed E-state index contributed by atoms with van der Waals surface area (Å²) in [5.74, 6) is -1.32. The third-order valence-electron chi connectivity index (χ3n) is 5.42. The van der Waals surface area contributed by atoms with Gasteiger partial charge in [-0.15, -0.1) is 0 Å². The molecular formula is C22H19FN6O3. The molecule has 1 aliphatic rings. The molecule has 3 aromatic rings. The third-order valence-corrected chi connectivity index (χ3v) is 5.42. The Morgan fingerprint density at radius 2 is 1.91 bits per heavy atom. The van der Waals surface area contributed by atoms with Gasteiger partial charge in [0.2, 0.25) is 0 Å². The van der Waals surface area contributed by atoms with Crippen molar-refractivity contribution in [2.75, 3.05) is 13.7 Å². The number of carbonyl (C=O) groups excluding carboxylic acids is 2. The first kappa shape index (κ1) is 20.9. The Bertz CT molecular complexity index is 1260. The maximum atomic E-state index is 13.9. The number of primary amides is 2. The van der Waals surface area contributed by atoms with Gasteiger partial charge in [0.1, 0.15) is 11.7 Å². The van der Waals surface area contributed by atoms with Crippen molar-refractivity contribution in [2.24, 2.45) is 11.5 Å². The van der Waals surface area contributed by atoms with Crippen LogP contribution >= 0.6 is 0 Å². The first-order valence-corrected chi connectivity index (χ1v) is 9.66. The van der Waals surface area contributed by atoms with Crippen LogP contribution in [0.3, 0.4) is 0 Å². The van der Waals surface area contributed by atoms with E-state index < -0.39 is 23.8 Å². The number of fused-ring (bicyclic) bond motifs is 1. The van der Waals surface area contributed by atoms with Gasteiger partial charge in [-0.2, -0.15) is 10.4 Å². The van der Waals surface area contributed by atoms with Crippen LogP contribution in [0, 0.1) is 17.1 Å². The number of benzene rings is 2. The number of hydrogen-bond donors (Lipinski definition) is 2. The highest BCUT2D eigenvalue weighted by molar-refractivity contribution is 6.00. The van der Waals surface area contributed by atoms with E-state index in [1.54, 1.807) is 28.9 Å². The van der Waals surface area contributed by atoms with Crippen LogP contribution in [0.2, 0.25) is 0 Å². The summed E-state index contributed by atoms with van der Waals surface area (Å²) in [6.45, 7) is 0.530. The zero-order valence-corrected chi connectivity index (χ0v) is 17.1. The highest BCUT2D eigenvalue weighted by Gasteiger charge is 2.38. The molecule has 1 atom stereocenters. The number of ether oxygens (including phenoxy) is 1. The minimum absolute atomic E-state index is 0.00806. The molecule has 0 saturated carbocycles. The van der Waals surface area contributed by atoms with Gasteiger partial charge < -0.3 is 21.1 Å². The summed E-state index contributed by atoms with van der Waals surface area (Å²) in [7, 11) is 1.33. The van der Waals surface area contributed by atoms with Gasteiger partial charge in [-0.1, -0.05) is 12.1 Å². The number of nitrogens with two attached hydrogens (primary N) is 2. The first-order chi connectivity index (χ1) is 15.3. The van der Waals surface area contributed by atoms with Crippen LogP contribution in [0.15, 0.2) is 42.5 Å². The molecule has 2 heterocycles.